The number of halogens is 5. The van der Waals surface area contributed by atoms with Gasteiger partial charge in [0.15, 0.2) is 5.65 Å². The van der Waals surface area contributed by atoms with E-state index in [4.69, 9.17) is 0 Å². The number of amides is 2. The third-order valence-electron chi connectivity index (χ3n) is 6.35. The fraction of sp³-hybridized carbons (Fsp3) is 0.435. The molecule has 3 aromatic rings. The van der Waals surface area contributed by atoms with Crippen LogP contribution >= 0.6 is 0 Å². The minimum atomic E-state index is -4.22. The molecule has 5 rings (SSSR count). The van der Waals surface area contributed by atoms with Gasteiger partial charge in [-0.2, -0.15) is 13.2 Å². The Morgan fingerprint density at radius 3 is 2.58 bits per heavy atom. The van der Waals surface area contributed by atoms with Crippen molar-refractivity contribution in [1.82, 2.24) is 24.6 Å². The number of likely N-dealkylation sites (tertiary alicyclic amines) is 1. The Hall–Kier alpha value is -3.48. The van der Waals surface area contributed by atoms with E-state index in [1.165, 1.54) is 32.7 Å². The largest absolute Gasteiger partial charge is 0.401 e. The first-order valence-corrected chi connectivity index (χ1v) is 11.5. The van der Waals surface area contributed by atoms with E-state index in [0.29, 0.717) is 42.8 Å². The minimum absolute atomic E-state index is 0.0236. The summed E-state index contributed by atoms with van der Waals surface area (Å²) < 4.78 is 67.3. The zero-order valence-corrected chi connectivity index (χ0v) is 19.2. The summed E-state index contributed by atoms with van der Waals surface area (Å²) in [6.45, 7) is 0.826. The third kappa shape index (κ3) is 5.35. The average Bonchev–Trinajstić information content (AvgIpc) is 3.45. The lowest BCUT2D eigenvalue weighted by molar-refractivity contribution is -0.146. The van der Waals surface area contributed by atoms with Crippen LogP contribution in [0.2, 0.25) is 0 Å². The zero-order chi connectivity index (χ0) is 25.4. The molecule has 0 bridgehead atoms. The Morgan fingerprint density at radius 1 is 1.11 bits per heavy atom. The van der Waals surface area contributed by atoms with E-state index >= 15 is 0 Å². The topological polar surface area (TPSA) is 69.5 Å². The molecule has 2 saturated heterocycles. The lowest BCUT2D eigenvalue weighted by Crippen LogP contribution is -2.49. The smallest absolute Gasteiger partial charge is 0.368 e. The molecular weight excluding hydrogens is 485 g/mol. The number of benzene rings is 1. The molecule has 0 saturated carbocycles. The Kier molecular flexibility index (Phi) is 6.41. The number of hydrogen-bond acceptors (Lipinski definition) is 5. The SMILES string of the molecule is O=C(Nc1ccc(F)c(-n2cc3cc(N4CCN(CC(F)(F)F)CC4)cnc3n2)c1)N1CC[C@@H](F)C1. The standard InChI is InChI=1S/C23H24F5N7O/c24-16-3-4-34(13-16)22(36)30-17-1-2-19(25)20(10-17)35-12-15-9-18(11-29-21(15)31-35)33-7-5-32(6-8-33)14-23(26,27)28/h1-2,9-12,16H,3-8,13-14H2,(H,30,36)/t16-/m1/s1. The fourth-order valence-corrected chi connectivity index (χ4v) is 4.49. The van der Waals surface area contributed by atoms with E-state index in [-0.39, 0.29) is 25.3 Å². The molecule has 0 aliphatic carbocycles. The van der Waals surface area contributed by atoms with Gasteiger partial charge in [-0.1, -0.05) is 0 Å². The maximum atomic E-state index is 14.7. The summed E-state index contributed by atoms with van der Waals surface area (Å²) in [6.07, 6.45) is -1.78. The van der Waals surface area contributed by atoms with Gasteiger partial charge in [0.2, 0.25) is 0 Å². The van der Waals surface area contributed by atoms with E-state index in [0.717, 1.165) is 5.69 Å². The van der Waals surface area contributed by atoms with Gasteiger partial charge in [-0.05, 0) is 30.7 Å². The zero-order valence-electron chi connectivity index (χ0n) is 19.2. The van der Waals surface area contributed by atoms with Crippen LogP contribution in [0.5, 0.6) is 0 Å². The van der Waals surface area contributed by atoms with Gasteiger partial charge in [-0.25, -0.2) is 23.2 Å². The van der Waals surface area contributed by atoms with Crippen LogP contribution < -0.4 is 10.2 Å². The van der Waals surface area contributed by atoms with Crippen molar-refractivity contribution in [2.75, 3.05) is 56.0 Å². The van der Waals surface area contributed by atoms with Gasteiger partial charge in [0.25, 0.3) is 0 Å². The van der Waals surface area contributed by atoms with Crippen LogP contribution in [0.4, 0.5) is 38.1 Å². The van der Waals surface area contributed by atoms with Crippen molar-refractivity contribution in [3.63, 3.8) is 0 Å². The average molecular weight is 509 g/mol. The second kappa shape index (κ2) is 9.52. The molecule has 2 aromatic heterocycles. The Morgan fingerprint density at radius 2 is 1.89 bits per heavy atom. The lowest BCUT2D eigenvalue weighted by atomic mass is 10.2. The van der Waals surface area contributed by atoms with Crippen molar-refractivity contribution in [3.05, 3.63) is 42.5 Å². The summed E-state index contributed by atoms with van der Waals surface area (Å²) in [6, 6.07) is 5.41. The Balaban J connectivity index is 1.31. The van der Waals surface area contributed by atoms with Crippen molar-refractivity contribution in [1.29, 1.82) is 0 Å². The normalized spacial score (nSPS) is 19.3. The molecule has 2 aliphatic rings. The number of pyridine rings is 1. The third-order valence-corrected chi connectivity index (χ3v) is 6.35. The first kappa shape index (κ1) is 24.2. The molecule has 0 radical (unpaired) electrons. The molecule has 0 unspecified atom stereocenters. The number of anilines is 2. The number of nitrogens with zero attached hydrogens (tertiary/aromatic N) is 6. The first-order chi connectivity index (χ1) is 17.1. The number of urea groups is 1. The quantitative estimate of drug-likeness (QED) is 0.542. The highest BCUT2D eigenvalue weighted by Gasteiger charge is 2.32. The summed E-state index contributed by atoms with van der Waals surface area (Å²) in [7, 11) is 0. The van der Waals surface area contributed by atoms with Crippen LogP contribution in [0.3, 0.4) is 0 Å². The maximum absolute atomic E-state index is 14.7. The molecule has 1 atom stereocenters. The Labute approximate surface area is 203 Å². The summed E-state index contributed by atoms with van der Waals surface area (Å²) in [5, 5.41) is 7.62. The van der Waals surface area contributed by atoms with Crippen LogP contribution in [0.15, 0.2) is 36.7 Å². The summed E-state index contributed by atoms with van der Waals surface area (Å²) in [5.74, 6) is -0.563. The fourth-order valence-electron chi connectivity index (χ4n) is 4.49. The second-order valence-electron chi connectivity index (χ2n) is 8.99. The van der Waals surface area contributed by atoms with E-state index < -0.39 is 30.7 Å². The first-order valence-electron chi connectivity index (χ1n) is 11.5. The molecule has 2 fully saturated rings. The van der Waals surface area contributed by atoms with Crippen molar-refractivity contribution in [2.24, 2.45) is 0 Å². The number of nitrogens with one attached hydrogen (secondary N) is 1. The molecule has 0 spiro atoms. The molecule has 36 heavy (non-hydrogen) atoms. The van der Waals surface area contributed by atoms with E-state index in [2.05, 4.69) is 15.4 Å². The molecule has 1 N–H and O–H groups in total. The molecule has 13 heteroatoms. The minimum Gasteiger partial charge on any atom is -0.368 e. The second-order valence-corrected chi connectivity index (χ2v) is 8.99. The highest BCUT2D eigenvalue weighted by atomic mass is 19.4. The van der Waals surface area contributed by atoms with Gasteiger partial charge in [0.05, 0.1) is 25.0 Å². The number of piperazine rings is 1. The van der Waals surface area contributed by atoms with Crippen LogP contribution in [0, 0.1) is 5.82 Å². The number of fused-ring (bicyclic) bond motifs is 1. The van der Waals surface area contributed by atoms with Crippen LogP contribution in [-0.2, 0) is 0 Å². The van der Waals surface area contributed by atoms with Crippen molar-refractivity contribution >= 4 is 28.4 Å². The molecular formula is C23H24F5N7O. The van der Waals surface area contributed by atoms with Crippen LogP contribution in [0.1, 0.15) is 6.42 Å². The monoisotopic (exact) mass is 509 g/mol. The molecule has 8 nitrogen and oxygen atoms in total. The van der Waals surface area contributed by atoms with E-state index in [1.54, 1.807) is 12.4 Å². The van der Waals surface area contributed by atoms with Gasteiger partial charge in [-0.15, -0.1) is 5.10 Å². The van der Waals surface area contributed by atoms with Crippen LogP contribution in [-0.4, -0.2) is 88.8 Å². The number of aromatic nitrogens is 3. The summed E-state index contributed by atoms with van der Waals surface area (Å²) in [4.78, 5) is 21.4. The molecule has 192 valence electrons. The highest BCUT2D eigenvalue weighted by molar-refractivity contribution is 5.90. The predicted octanol–water partition coefficient (Wildman–Crippen LogP) is 3.82. The molecule has 1 aromatic carbocycles. The lowest BCUT2D eigenvalue weighted by Gasteiger charge is -2.36. The summed E-state index contributed by atoms with van der Waals surface area (Å²) >= 11 is 0. The van der Waals surface area contributed by atoms with Crippen molar-refractivity contribution in [3.8, 4) is 5.69 Å². The number of rotatable bonds is 4. The van der Waals surface area contributed by atoms with Gasteiger partial charge in [0, 0.05) is 50.0 Å². The van der Waals surface area contributed by atoms with E-state index in [1.807, 2.05) is 11.0 Å². The molecule has 2 amide bonds. The van der Waals surface area contributed by atoms with Gasteiger partial charge in [0.1, 0.15) is 17.7 Å². The number of alkyl halides is 4. The maximum Gasteiger partial charge on any atom is 0.401 e. The van der Waals surface area contributed by atoms with Gasteiger partial charge < -0.3 is 15.1 Å². The van der Waals surface area contributed by atoms with Crippen molar-refractivity contribution in [2.45, 2.75) is 18.8 Å². The van der Waals surface area contributed by atoms with Gasteiger partial charge >= 0.3 is 12.2 Å². The van der Waals surface area contributed by atoms with Crippen LogP contribution in [0.25, 0.3) is 16.7 Å². The molecule has 4 heterocycles. The van der Waals surface area contributed by atoms with Gasteiger partial charge in [-0.3, -0.25) is 4.90 Å². The highest BCUT2D eigenvalue weighted by Crippen LogP contribution is 2.25. The molecule has 2 aliphatic heterocycles. The number of hydrogen-bond donors (Lipinski definition) is 1. The number of carbonyl (C=O) groups excluding carboxylic acids is 1. The predicted molar refractivity (Wildman–Crippen MR) is 124 cm³/mol. The number of carbonyl (C=O) groups is 1. The van der Waals surface area contributed by atoms with E-state index in [9.17, 15) is 26.7 Å². The summed E-state index contributed by atoms with van der Waals surface area (Å²) in [5.41, 5.74) is 1.54. The Bertz CT molecular complexity index is 1260. The van der Waals surface area contributed by atoms with Crippen molar-refractivity contribution < 1.29 is 26.7 Å².